The van der Waals surface area contributed by atoms with E-state index in [2.05, 4.69) is 47.9 Å². The number of carbonyl (C=O) groups is 12. The third kappa shape index (κ3) is 29.6. The predicted octanol–water partition coefficient (Wildman–Crippen LogP) is -4.34. The standard InChI is InChI=1S/C53H83N12O21P/c1-33(2)46(51(76)63-37(7-5-18-57-53(55)78)47(72)59-35-10-8-34(32-66)9-11-35)64-48(73)36(6-3-4-17-54)62-49(74)39(30-43(69)60-38-14-21-86-52(38)77)61-42(68)15-20-82-23-25-84-27-28-85-26-24-83-22-19-56-50(75)40(65-44(70)12-13-45(65)71)31-58-41(67)16-29-87(79,80)81/h8-13,33,36-40,46,66H,3-7,14-32,54H2,1-2H3,(H,56,75)(H,58,67)(H,59,72)(H,60,69)(H,61,68)(H,62,74)(H,63,76)(H,64,73)(H3,55,57,78)(H2,79,80,81)/t36-,37-,38-,39-,40-,46-/m0/s1. The van der Waals surface area contributed by atoms with Crippen LogP contribution in [0, 0.1) is 5.92 Å². The fraction of sp³-hybridized carbons (Fsp3) is 0.623. The first-order chi connectivity index (χ1) is 41.4. The van der Waals surface area contributed by atoms with Gasteiger partial charge < -0.3 is 97.9 Å². The molecule has 486 valence electrons. The van der Waals surface area contributed by atoms with Gasteiger partial charge in [0.1, 0.15) is 36.3 Å². The number of nitrogens with one attached hydrogen (secondary N) is 9. The van der Waals surface area contributed by atoms with Crippen LogP contribution in [0.1, 0.15) is 77.2 Å². The number of aliphatic hydroxyl groups is 1. The van der Waals surface area contributed by atoms with Gasteiger partial charge in [-0.3, -0.25) is 57.4 Å². The number of urea groups is 1. The summed E-state index contributed by atoms with van der Waals surface area (Å²) in [5.74, 6) is -9.05. The number of rotatable bonds is 44. The number of cyclic esters (lactones) is 1. The number of imide groups is 1. The van der Waals surface area contributed by atoms with Crippen molar-refractivity contribution in [3.05, 3.63) is 42.0 Å². The van der Waals surface area contributed by atoms with Crippen LogP contribution in [0.15, 0.2) is 36.4 Å². The van der Waals surface area contributed by atoms with Crippen LogP contribution in [-0.4, -0.2) is 219 Å². The lowest BCUT2D eigenvalue weighted by atomic mass is 10.0. The van der Waals surface area contributed by atoms with Crippen LogP contribution < -0.4 is 59.3 Å². The summed E-state index contributed by atoms with van der Waals surface area (Å²) in [6, 6.07) is -2.26. The highest BCUT2D eigenvalue weighted by Gasteiger charge is 2.37. The molecule has 87 heavy (non-hydrogen) atoms. The molecule has 1 aromatic carbocycles. The monoisotopic (exact) mass is 1250 g/mol. The Morgan fingerprint density at radius 2 is 1.25 bits per heavy atom. The maximum absolute atomic E-state index is 14.1. The van der Waals surface area contributed by atoms with E-state index < -0.39 is 146 Å². The molecule has 12 amide bonds. The van der Waals surface area contributed by atoms with Crippen molar-refractivity contribution >= 4 is 84.4 Å². The minimum Gasteiger partial charge on any atom is -0.464 e. The Kier molecular flexibility index (Phi) is 34.0. The number of unbranched alkanes of at least 4 members (excludes halogenated alkanes) is 1. The Morgan fingerprint density at radius 3 is 1.83 bits per heavy atom. The van der Waals surface area contributed by atoms with Crippen molar-refractivity contribution in [1.82, 2.24) is 47.4 Å². The van der Waals surface area contributed by atoms with Gasteiger partial charge in [0.05, 0.1) is 78.7 Å². The average molecular weight is 1260 g/mol. The van der Waals surface area contributed by atoms with E-state index in [9.17, 15) is 67.2 Å². The lowest BCUT2D eigenvalue weighted by Gasteiger charge is -2.28. The Morgan fingerprint density at radius 1 is 0.667 bits per heavy atom. The summed E-state index contributed by atoms with van der Waals surface area (Å²) < 4.78 is 37.9. The van der Waals surface area contributed by atoms with E-state index >= 15 is 0 Å². The Bertz CT molecular complexity index is 2540. The SMILES string of the molecule is CC(C)[C@H](NC(=O)[C@H](CCCCN)NC(=O)[C@H](CC(=O)N[C@H]1CCOC1=O)NC(=O)CCOCCOCCOCCOCCNC(=O)[C@H](CNC(=O)CCP(=O)(O)O)N1C(=O)C=CC1=O)C(=O)N[C@@H](CCCNC(N)=O)C(=O)Nc1ccc(CO)cc1. The smallest absolute Gasteiger partial charge is 0.328 e. The van der Waals surface area contributed by atoms with Gasteiger partial charge in [0.15, 0.2) is 0 Å². The molecule has 3 rings (SSSR count). The minimum absolute atomic E-state index is 0.00247. The molecule has 16 N–H and O–H groups in total. The van der Waals surface area contributed by atoms with Gasteiger partial charge in [0.2, 0.25) is 47.3 Å². The first kappa shape index (κ1) is 73.8. The molecular formula is C53H83N12O21P. The van der Waals surface area contributed by atoms with E-state index in [0.29, 0.717) is 29.0 Å². The van der Waals surface area contributed by atoms with Crippen molar-refractivity contribution in [3.8, 4) is 0 Å². The quantitative estimate of drug-likeness (QED) is 0.0127. The number of primary amides is 1. The normalized spacial score (nSPS) is 15.6. The summed E-state index contributed by atoms with van der Waals surface area (Å²) in [5, 5.41) is 32.3. The number of hydrogen-bond donors (Lipinski definition) is 14. The number of ether oxygens (including phenoxy) is 5. The molecule has 0 bridgehead atoms. The number of carbonyl (C=O) groups excluding carboxylic acids is 12. The molecule has 2 aliphatic rings. The van der Waals surface area contributed by atoms with E-state index in [1.165, 1.54) is 0 Å². The molecule has 2 heterocycles. The van der Waals surface area contributed by atoms with E-state index in [1.54, 1.807) is 38.1 Å². The number of esters is 1. The highest BCUT2D eigenvalue weighted by molar-refractivity contribution is 7.51. The van der Waals surface area contributed by atoms with Crippen molar-refractivity contribution in [1.29, 1.82) is 0 Å². The molecule has 0 spiro atoms. The van der Waals surface area contributed by atoms with Crippen LogP contribution in [0.3, 0.4) is 0 Å². The molecule has 0 aliphatic carbocycles. The molecule has 33 nitrogen and oxygen atoms in total. The van der Waals surface area contributed by atoms with Gasteiger partial charge in [-0.2, -0.15) is 0 Å². The first-order valence-corrected chi connectivity index (χ1v) is 30.1. The lowest BCUT2D eigenvalue weighted by molar-refractivity contribution is -0.145. The van der Waals surface area contributed by atoms with E-state index in [4.69, 9.17) is 44.9 Å². The zero-order valence-corrected chi connectivity index (χ0v) is 49.6. The topological polar surface area (TPSA) is 492 Å². The fourth-order valence-corrected chi connectivity index (χ4v) is 8.69. The summed E-state index contributed by atoms with van der Waals surface area (Å²) in [4.78, 5) is 174. The number of nitrogens with two attached hydrogens (primary N) is 2. The second kappa shape index (κ2) is 40.1. The molecule has 0 aromatic heterocycles. The summed E-state index contributed by atoms with van der Waals surface area (Å²) in [7, 11) is -4.46. The van der Waals surface area contributed by atoms with Crippen LogP contribution in [0.4, 0.5) is 10.5 Å². The molecule has 0 saturated carbocycles. The van der Waals surface area contributed by atoms with Gasteiger partial charge in [0, 0.05) is 56.7 Å². The van der Waals surface area contributed by atoms with Gasteiger partial charge >= 0.3 is 19.6 Å². The Labute approximate surface area is 502 Å². The van der Waals surface area contributed by atoms with Gasteiger partial charge in [-0.15, -0.1) is 0 Å². The molecule has 34 heteroatoms. The van der Waals surface area contributed by atoms with Crippen molar-refractivity contribution in [2.45, 2.75) is 114 Å². The summed E-state index contributed by atoms with van der Waals surface area (Å²) in [5.41, 5.74) is 11.9. The Balaban J connectivity index is 1.49. The lowest BCUT2D eigenvalue weighted by Crippen LogP contribution is -2.59. The second-order valence-corrected chi connectivity index (χ2v) is 21.9. The van der Waals surface area contributed by atoms with Crippen LogP contribution >= 0.6 is 7.60 Å². The summed E-state index contributed by atoms with van der Waals surface area (Å²) >= 11 is 0. The van der Waals surface area contributed by atoms with Gasteiger partial charge in [0.25, 0.3) is 11.8 Å². The molecule has 0 radical (unpaired) electrons. The maximum Gasteiger partial charge on any atom is 0.328 e. The molecular weight excluding hydrogens is 1170 g/mol. The second-order valence-electron chi connectivity index (χ2n) is 20.1. The highest BCUT2D eigenvalue weighted by atomic mass is 31.2. The van der Waals surface area contributed by atoms with E-state index in [0.717, 1.165) is 12.2 Å². The third-order valence-electron chi connectivity index (χ3n) is 12.9. The van der Waals surface area contributed by atoms with Gasteiger partial charge in [-0.05, 0) is 62.3 Å². The number of anilines is 1. The van der Waals surface area contributed by atoms with E-state index in [-0.39, 0.29) is 118 Å². The van der Waals surface area contributed by atoms with Crippen LogP contribution in [-0.2, 0) is 87.6 Å². The van der Waals surface area contributed by atoms with Crippen molar-refractivity contribution in [2.75, 3.05) is 97.1 Å². The summed E-state index contributed by atoms with van der Waals surface area (Å²) in [6.45, 7) is 3.45. The van der Waals surface area contributed by atoms with Crippen molar-refractivity contribution in [3.63, 3.8) is 0 Å². The fourth-order valence-electron chi connectivity index (χ4n) is 8.19. The van der Waals surface area contributed by atoms with Gasteiger partial charge in [-0.25, -0.2) is 9.59 Å². The molecule has 2 aliphatic heterocycles. The zero-order valence-electron chi connectivity index (χ0n) is 48.7. The molecule has 1 fully saturated rings. The predicted molar refractivity (Wildman–Crippen MR) is 306 cm³/mol. The molecule has 0 unspecified atom stereocenters. The van der Waals surface area contributed by atoms with Crippen LogP contribution in [0.25, 0.3) is 0 Å². The number of nitrogens with zero attached hydrogens (tertiary/aromatic N) is 1. The first-order valence-electron chi connectivity index (χ1n) is 28.3. The minimum atomic E-state index is -4.46. The Hall–Kier alpha value is -7.49. The third-order valence-corrected chi connectivity index (χ3v) is 13.7. The van der Waals surface area contributed by atoms with Gasteiger partial charge in [-0.1, -0.05) is 26.0 Å². The number of amides is 12. The van der Waals surface area contributed by atoms with Crippen LogP contribution in [0.5, 0.6) is 0 Å². The number of benzene rings is 1. The molecule has 1 saturated heterocycles. The number of hydrogen-bond acceptors (Lipinski definition) is 20. The molecule has 6 atom stereocenters. The van der Waals surface area contributed by atoms with Crippen molar-refractivity contribution in [2.24, 2.45) is 17.4 Å². The molecule has 1 aromatic rings. The zero-order chi connectivity index (χ0) is 64.3. The van der Waals surface area contributed by atoms with E-state index in [1.807, 2.05) is 0 Å². The number of aliphatic hydroxyl groups excluding tert-OH is 1. The largest absolute Gasteiger partial charge is 0.464 e. The average Bonchev–Trinajstić information content (AvgIpc) is 2.96. The maximum atomic E-state index is 14.1. The highest BCUT2D eigenvalue weighted by Crippen LogP contribution is 2.34. The van der Waals surface area contributed by atoms with Crippen LogP contribution in [0.2, 0.25) is 0 Å². The van der Waals surface area contributed by atoms with Crippen molar-refractivity contribution < 1.29 is 101 Å². The summed E-state index contributed by atoms with van der Waals surface area (Å²) in [6.07, 6.45) is 0.876.